The third-order valence-corrected chi connectivity index (χ3v) is 5.90. The van der Waals surface area contributed by atoms with Crippen molar-refractivity contribution in [2.45, 2.75) is 26.7 Å². The maximum absolute atomic E-state index is 12.5. The van der Waals surface area contributed by atoms with Crippen LogP contribution in [0.3, 0.4) is 0 Å². The van der Waals surface area contributed by atoms with Crippen molar-refractivity contribution < 1.29 is 24.0 Å². The van der Waals surface area contributed by atoms with Gasteiger partial charge in [-0.3, -0.25) is 14.9 Å². The third kappa shape index (κ3) is 5.92. The number of aryl methyl sites for hydroxylation is 1. The number of carbonyl (C=O) groups is 2. The van der Waals surface area contributed by atoms with Crippen LogP contribution in [-0.2, 0) is 9.53 Å². The van der Waals surface area contributed by atoms with Crippen LogP contribution in [0.15, 0.2) is 30.3 Å². The summed E-state index contributed by atoms with van der Waals surface area (Å²) in [4.78, 5) is 37.8. The van der Waals surface area contributed by atoms with Crippen LogP contribution in [0.2, 0.25) is 5.02 Å². The van der Waals surface area contributed by atoms with Crippen LogP contribution >= 0.6 is 11.6 Å². The van der Waals surface area contributed by atoms with Crippen molar-refractivity contribution >= 4 is 40.5 Å². The maximum Gasteiger partial charge on any atom is 0.338 e. The number of nitro benzene ring substituents is 1. The van der Waals surface area contributed by atoms with E-state index in [2.05, 4.69) is 12.2 Å². The number of nitrogens with zero attached hydrogens (tertiary/aromatic N) is 2. The fourth-order valence-electron chi connectivity index (χ4n) is 3.80. The first-order valence-electron chi connectivity index (χ1n) is 10.5. The van der Waals surface area contributed by atoms with Gasteiger partial charge in [-0.2, -0.15) is 0 Å². The lowest BCUT2D eigenvalue weighted by molar-refractivity contribution is -0.384. The minimum absolute atomic E-state index is 0.00299. The van der Waals surface area contributed by atoms with Gasteiger partial charge in [0.1, 0.15) is 11.4 Å². The minimum Gasteiger partial charge on any atom is -0.495 e. The summed E-state index contributed by atoms with van der Waals surface area (Å²) < 4.78 is 10.3. The zero-order chi connectivity index (χ0) is 24.1. The predicted molar refractivity (Wildman–Crippen MR) is 125 cm³/mol. The van der Waals surface area contributed by atoms with Gasteiger partial charge in [-0.25, -0.2) is 4.79 Å². The van der Waals surface area contributed by atoms with Gasteiger partial charge >= 0.3 is 5.97 Å². The van der Waals surface area contributed by atoms with Crippen LogP contribution in [0.25, 0.3) is 0 Å². The number of hydrogen-bond acceptors (Lipinski definition) is 7. The number of carbonyl (C=O) groups excluding carboxylic acids is 2. The molecule has 1 saturated heterocycles. The molecule has 33 heavy (non-hydrogen) atoms. The van der Waals surface area contributed by atoms with Gasteiger partial charge in [0.25, 0.3) is 11.6 Å². The van der Waals surface area contributed by atoms with Crippen LogP contribution in [0, 0.1) is 23.0 Å². The second-order valence-electron chi connectivity index (χ2n) is 8.08. The highest BCUT2D eigenvalue weighted by Crippen LogP contribution is 2.33. The Morgan fingerprint density at radius 2 is 2.06 bits per heavy atom. The summed E-state index contributed by atoms with van der Waals surface area (Å²) in [5.74, 6) is -0.615. The van der Waals surface area contributed by atoms with E-state index in [-0.39, 0.29) is 11.3 Å². The Bertz CT molecular complexity index is 1070. The van der Waals surface area contributed by atoms with E-state index in [0.29, 0.717) is 28.1 Å². The molecule has 9 nitrogen and oxygen atoms in total. The van der Waals surface area contributed by atoms with Crippen molar-refractivity contribution in [2.24, 2.45) is 5.92 Å². The molecule has 3 rings (SSSR count). The van der Waals surface area contributed by atoms with Gasteiger partial charge in [-0.1, -0.05) is 18.5 Å². The Hall–Kier alpha value is -3.33. The summed E-state index contributed by atoms with van der Waals surface area (Å²) in [6.45, 7) is 4.76. The SMILES string of the molecule is COc1cc(Cl)c(C)cc1NC(=O)COC(=O)c1ccc(N2CCC[C@@H](C)C2)c([N+](=O)[O-])c1. The normalized spacial score (nSPS) is 15.6. The van der Waals surface area contributed by atoms with Gasteiger partial charge in [0.2, 0.25) is 0 Å². The monoisotopic (exact) mass is 475 g/mol. The number of rotatable bonds is 7. The van der Waals surface area contributed by atoms with Gasteiger partial charge in [0.05, 0.1) is 23.3 Å². The first kappa shape index (κ1) is 24.3. The molecule has 1 amide bonds. The van der Waals surface area contributed by atoms with E-state index in [4.69, 9.17) is 21.1 Å². The highest BCUT2D eigenvalue weighted by Gasteiger charge is 2.25. The molecular formula is C23H26ClN3O6. The van der Waals surface area contributed by atoms with Crippen molar-refractivity contribution in [1.29, 1.82) is 0 Å². The number of nitrogens with one attached hydrogen (secondary N) is 1. The molecule has 2 aromatic rings. The molecule has 1 fully saturated rings. The van der Waals surface area contributed by atoms with E-state index >= 15 is 0 Å². The lowest BCUT2D eigenvalue weighted by atomic mass is 9.99. The minimum atomic E-state index is -0.828. The molecule has 1 aliphatic heterocycles. The number of benzene rings is 2. The van der Waals surface area contributed by atoms with Gasteiger partial charge in [-0.05, 0) is 49.4 Å². The third-order valence-electron chi connectivity index (χ3n) is 5.49. The molecule has 1 heterocycles. The number of amides is 1. The van der Waals surface area contributed by atoms with Gasteiger partial charge in [0, 0.05) is 30.2 Å². The summed E-state index contributed by atoms with van der Waals surface area (Å²) in [5, 5.41) is 14.7. The second kappa shape index (κ2) is 10.5. The fraction of sp³-hybridized carbons (Fsp3) is 0.391. The van der Waals surface area contributed by atoms with Crippen molar-refractivity contribution in [3.05, 3.63) is 56.6 Å². The maximum atomic E-state index is 12.5. The molecule has 0 aromatic heterocycles. The molecule has 1 aliphatic rings. The van der Waals surface area contributed by atoms with Gasteiger partial charge in [-0.15, -0.1) is 0 Å². The Balaban J connectivity index is 1.68. The number of halogens is 1. The molecule has 0 saturated carbocycles. The average Bonchev–Trinajstić information content (AvgIpc) is 2.79. The first-order valence-corrected chi connectivity index (χ1v) is 10.9. The largest absolute Gasteiger partial charge is 0.495 e. The van der Waals surface area contributed by atoms with Gasteiger partial charge < -0.3 is 19.7 Å². The fourth-order valence-corrected chi connectivity index (χ4v) is 3.96. The molecular weight excluding hydrogens is 450 g/mol. The molecule has 1 atom stereocenters. The number of anilines is 2. The number of hydrogen-bond donors (Lipinski definition) is 1. The Labute approximate surface area is 196 Å². The topological polar surface area (TPSA) is 111 Å². The molecule has 1 N–H and O–H groups in total. The first-order chi connectivity index (χ1) is 15.7. The van der Waals surface area contributed by atoms with E-state index in [0.717, 1.165) is 31.5 Å². The summed E-state index contributed by atoms with van der Waals surface area (Å²) in [5.41, 5.74) is 1.44. The van der Waals surface area contributed by atoms with E-state index in [9.17, 15) is 19.7 Å². The number of methoxy groups -OCH3 is 1. The van der Waals surface area contributed by atoms with Crippen LogP contribution in [0.1, 0.15) is 35.7 Å². The van der Waals surface area contributed by atoms with Crippen LogP contribution < -0.4 is 15.0 Å². The van der Waals surface area contributed by atoms with Crippen LogP contribution in [-0.4, -0.2) is 43.6 Å². The van der Waals surface area contributed by atoms with E-state index in [1.54, 1.807) is 25.1 Å². The summed E-state index contributed by atoms with van der Waals surface area (Å²) >= 11 is 6.06. The zero-order valence-corrected chi connectivity index (χ0v) is 19.5. The van der Waals surface area contributed by atoms with Gasteiger partial charge in [0.15, 0.2) is 6.61 Å². The zero-order valence-electron chi connectivity index (χ0n) is 18.7. The Morgan fingerprint density at radius 3 is 2.73 bits per heavy atom. The summed E-state index contributed by atoms with van der Waals surface area (Å²) in [6.07, 6.45) is 2.04. The predicted octanol–water partition coefficient (Wildman–Crippen LogP) is 4.60. The highest BCUT2D eigenvalue weighted by atomic mass is 35.5. The standard InChI is InChI=1S/C23H26ClN3O6/c1-14-5-4-8-26(12-14)19-7-6-16(10-20(19)27(30)31)23(29)33-13-22(28)25-18-9-15(2)17(24)11-21(18)32-3/h6-7,9-11,14H,4-5,8,12-13H2,1-3H3,(H,25,28)/t14-/m1/s1. The Morgan fingerprint density at radius 1 is 1.30 bits per heavy atom. The van der Waals surface area contributed by atoms with E-state index in [1.807, 2.05) is 4.90 Å². The molecule has 0 aliphatic carbocycles. The lowest BCUT2D eigenvalue weighted by Gasteiger charge is -2.32. The van der Waals surface area contributed by atoms with E-state index < -0.39 is 23.4 Å². The van der Waals surface area contributed by atoms with Crippen LogP contribution in [0.4, 0.5) is 17.1 Å². The van der Waals surface area contributed by atoms with Crippen molar-refractivity contribution in [2.75, 3.05) is 37.0 Å². The quantitative estimate of drug-likeness (QED) is 0.354. The Kier molecular flexibility index (Phi) is 7.75. The van der Waals surface area contributed by atoms with Crippen LogP contribution in [0.5, 0.6) is 5.75 Å². The molecule has 10 heteroatoms. The number of ether oxygens (including phenoxy) is 2. The highest BCUT2D eigenvalue weighted by molar-refractivity contribution is 6.31. The molecule has 0 unspecified atom stereocenters. The van der Waals surface area contributed by atoms with Crippen molar-refractivity contribution in [3.63, 3.8) is 0 Å². The van der Waals surface area contributed by atoms with Crippen molar-refractivity contribution in [1.82, 2.24) is 0 Å². The van der Waals surface area contributed by atoms with E-state index in [1.165, 1.54) is 19.2 Å². The second-order valence-corrected chi connectivity index (χ2v) is 8.49. The number of nitro groups is 1. The smallest absolute Gasteiger partial charge is 0.338 e. The molecule has 0 bridgehead atoms. The molecule has 0 spiro atoms. The average molecular weight is 476 g/mol. The summed E-state index contributed by atoms with van der Waals surface area (Å²) in [7, 11) is 1.44. The number of esters is 1. The molecule has 176 valence electrons. The van der Waals surface area contributed by atoms with Crippen molar-refractivity contribution in [3.8, 4) is 5.75 Å². The lowest BCUT2D eigenvalue weighted by Crippen LogP contribution is -2.34. The molecule has 0 radical (unpaired) electrons. The molecule has 2 aromatic carbocycles. The summed E-state index contributed by atoms with van der Waals surface area (Å²) in [6, 6.07) is 7.45. The number of piperidine rings is 1.